The molecule has 0 fully saturated rings. The van der Waals surface area contributed by atoms with E-state index in [0.717, 1.165) is 17.7 Å². The summed E-state index contributed by atoms with van der Waals surface area (Å²) in [6.45, 7) is 2.22. The van der Waals surface area contributed by atoms with Crippen LogP contribution in [0.1, 0.15) is 58.3 Å². The van der Waals surface area contributed by atoms with Crippen LogP contribution in [0.15, 0.2) is 29.2 Å². The Morgan fingerprint density at radius 3 is 2.25 bits per heavy atom. The van der Waals surface area contributed by atoms with Crippen molar-refractivity contribution in [1.82, 2.24) is 0 Å². The van der Waals surface area contributed by atoms with Gasteiger partial charge in [0.2, 0.25) is 0 Å². The molecule has 1 aromatic carbocycles. The van der Waals surface area contributed by atoms with Crippen LogP contribution in [0.5, 0.6) is 0 Å². The predicted molar refractivity (Wildman–Crippen MR) is 84.7 cm³/mol. The van der Waals surface area contributed by atoms with Crippen LogP contribution in [-0.2, 0) is 4.79 Å². The van der Waals surface area contributed by atoms with Gasteiger partial charge in [0.25, 0.3) is 0 Å². The van der Waals surface area contributed by atoms with E-state index in [0.29, 0.717) is 18.0 Å². The van der Waals surface area contributed by atoms with Crippen LogP contribution in [0.3, 0.4) is 0 Å². The summed E-state index contributed by atoms with van der Waals surface area (Å²) < 4.78 is 12.7. The molecule has 0 aliphatic carbocycles. The number of rotatable bonds is 11. The Balaban J connectivity index is 2.01. The third-order valence-electron chi connectivity index (χ3n) is 3.27. The first-order chi connectivity index (χ1) is 9.72. The van der Waals surface area contributed by atoms with Crippen molar-refractivity contribution in [3.63, 3.8) is 0 Å². The summed E-state index contributed by atoms with van der Waals surface area (Å²) >= 11 is 1.50. The van der Waals surface area contributed by atoms with Gasteiger partial charge in [-0.1, -0.05) is 45.4 Å². The van der Waals surface area contributed by atoms with Crippen LogP contribution >= 0.6 is 11.8 Å². The van der Waals surface area contributed by atoms with Gasteiger partial charge in [-0.25, -0.2) is 4.39 Å². The molecule has 112 valence electrons. The zero-order valence-corrected chi connectivity index (χ0v) is 13.2. The van der Waals surface area contributed by atoms with Gasteiger partial charge in [0.1, 0.15) is 11.6 Å². The monoisotopic (exact) mass is 296 g/mol. The average Bonchev–Trinajstić information content (AvgIpc) is 2.46. The fraction of sp³-hybridized carbons (Fsp3) is 0.588. The minimum absolute atomic E-state index is 0.233. The number of benzene rings is 1. The second kappa shape index (κ2) is 10.9. The summed E-state index contributed by atoms with van der Waals surface area (Å²) in [6, 6.07) is 6.31. The van der Waals surface area contributed by atoms with Gasteiger partial charge in [-0.2, -0.15) is 0 Å². The Hall–Kier alpha value is -0.830. The Kier molecular flexibility index (Phi) is 9.38. The number of hydrogen-bond acceptors (Lipinski definition) is 2. The van der Waals surface area contributed by atoms with Crippen molar-refractivity contribution in [2.45, 2.75) is 63.2 Å². The fourth-order valence-electron chi connectivity index (χ4n) is 2.05. The van der Waals surface area contributed by atoms with Crippen molar-refractivity contribution in [2.24, 2.45) is 0 Å². The molecule has 1 rings (SSSR count). The molecule has 1 nitrogen and oxygen atoms in total. The van der Waals surface area contributed by atoms with E-state index in [-0.39, 0.29) is 5.82 Å². The first-order valence-corrected chi connectivity index (χ1v) is 8.61. The molecular weight excluding hydrogens is 271 g/mol. The molecule has 3 heteroatoms. The average molecular weight is 296 g/mol. The van der Waals surface area contributed by atoms with Gasteiger partial charge in [-0.05, 0) is 30.7 Å². The number of Topliss-reactive ketones (excluding diaryl/α,β-unsaturated/α-hetero) is 1. The lowest BCUT2D eigenvalue weighted by atomic mass is 10.1. The van der Waals surface area contributed by atoms with Gasteiger partial charge in [0, 0.05) is 11.3 Å². The lowest BCUT2D eigenvalue weighted by molar-refractivity contribution is -0.116. The fourth-order valence-corrected chi connectivity index (χ4v) is 2.85. The van der Waals surface area contributed by atoms with E-state index < -0.39 is 0 Å². The van der Waals surface area contributed by atoms with E-state index in [2.05, 4.69) is 6.92 Å². The number of carbonyl (C=O) groups excluding carboxylic acids is 1. The highest BCUT2D eigenvalue weighted by atomic mass is 32.2. The van der Waals surface area contributed by atoms with Crippen LogP contribution in [0, 0.1) is 5.82 Å². The highest BCUT2D eigenvalue weighted by Gasteiger charge is 2.03. The molecule has 0 aliphatic rings. The highest BCUT2D eigenvalue weighted by Crippen LogP contribution is 2.19. The first kappa shape index (κ1) is 17.2. The normalized spacial score (nSPS) is 10.7. The van der Waals surface area contributed by atoms with E-state index in [4.69, 9.17) is 0 Å². The molecule has 0 heterocycles. The molecule has 0 saturated carbocycles. The zero-order chi connectivity index (χ0) is 14.6. The molecule has 0 atom stereocenters. The SMILES string of the molecule is CCCCCCCCCC(=O)CSc1ccc(F)cc1. The Labute approximate surface area is 126 Å². The highest BCUT2D eigenvalue weighted by molar-refractivity contribution is 8.00. The molecule has 0 N–H and O–H groups in total. The van der Waals surface area contributed by atoms with E-state index in [9.17, 15) is 9.18 Å². The number of hydrogen-bond donors (Lipinski definition) is 0. The second-order valence-corrected chi connectivity index (χ2v) is 6.20. The van der Waals surface area contributed by atoms with Gasteiger partial charge < -0.3 is 0 Å². The van der Waals surface area contributed by atoms with Crippen molar-refractivity contribution in [3.8, 4) is 0 Å². The van der Waals surface area contributed by atoms with Crippen molar-refractivity contribution in [3.05, 3.63) is 30.1 Å². The van der Waals surface area contributed by atoms with Crippen molar-refractivity contribution in [2.75, 3.05) is 5.75 Å². The lowest BCUT2D eigenvalue weighted by Crippen LogP contribution is -2.00. The van der Waals surface area contributed by atoms with Crippen molar-refractivity contribution < 1.29 is 9.18 Å². The minimum Gasteiger partial charge on any atom is -0.299 e. The van der Waals surface area contributed by atoms with E-state index >= 15 is 0 Å². The maximum absolute atomic E-state index is 12.7. The maximum atomic E-state index is 12.7. The third kappa shape index (κ3) is 8.36. The molecule has 20 heavy (non-hydrogen) atoms. The lowest BCUT2D eigenvalue weighted by Gasteiger charge is -2.02. The summed E-state index contributed by atoms with van der Waals surface area (Å²) in [5.41, 5.74) is 0. The minimum atomic E-state index is -0.233. The Morgan fingerprint density at radius 1 is 1.00 bits per heavy atom. The van der Waals surface area contributed by atoms with E-state index in [1.165, 1.54) is 56.0 Å². The standard InChI is InChI=1S/C17H25FOS/c1-2-3-4-5-6-7-8-9-16(19)14-20-17-12-10-15(18)11-13-17/h10-13H,2-9,14H2,1H3. The molecule has 0 saturated heterocycles. The van der Waals surface area contributed by atoms with Gasteiger partial charge in [-0.3, -0.25) is 4.79 Å². The molecule has 0 unspecified atom stereocenters. The maximum Gasteiger partial charge on any atom is 0.143 e. The van der Waals surface area contributed by atoms with Crippen LogP contribution in [0.25, 0.3) is 0 Å². The van der Waals surface area contributed by atoms with Crippen molar-refractivity contribution >= 4 is 17.5 Å². The molecule has 0 spiro atoms. The number of ketones is 1. The van der Waals surface area contributed by atoms with Crippen LogP contribution in [-0.4, -0.2) is 11.5 Å². The van der Waals surface area contributed by atoms with Gasteiger partial charge in [0.15, 0.2) is 0 Å². The molecule has 0 amide bonds. The zero-order valence-electron chi connectivity index (χ0n) is 12.4. The van der Waals surface area contributed by atoms with Crippen LogP contribution < -0.4 is 0 Å². The predicted octanol–water partition coefficient (Wildman–Crippen LogP) is 5.63. The molecule has 0 aromatic heterocycles. The summed E-state index contributed by atoms with van der Waals surface area (Å²) in [6.07, 6.45) is 9.33. The second-order valence-electron chi connectivity index (χ2n) is 5.15. The number of carbonyl (C=O) groups is 1. The van der Waals surface area contributed by atoms with Gasteiger partial charge >= 0.3 is 0 Å². The Morgan fingerprint density at radius 2 is 1.60 bits per heavy atom. The van der Waals surface area contributed by atoms with Crippen LogP contribution in [0.2, 0.25) is 0 Å². The van der Waals surface area contributed by atoms with E-state index in [1.807, 2.05) is 0 Å². The molecule has 1 aromatic rings. The Bertz CT molecular complexity index is 375. The van der Waals surface area contributed by atoms with Crippen LogP contribution in [0.4, 0.5) is 4.39 Å². The molecule has 0 aliphatic heterocycles. The molecule has 0 radical (unpaired) electrons. The van der Waals surface area contributed by atoms with Gasteiger partial charge in [-0.15, -0.1) is 11.8 Å². The number of thioether (sulfide) groups is 1. The summed E-state index contributed by atoms with van der Waals surface area (Å²) in [4.78, 5) is 12.7. The summed E-state index contributed by atoms with van der Waals surface area (Å²) in [7, 11) is 0. The quantitative estimate of drug-likeness (QED) is 0.389. The topological polar surface area (TPSA) is 17.1 Å². The van der Waals surface area contributed by atoms with E-state index in [1.54, 1.807) is 12.1 Å². The first-order valence-electron chi connectivity index (χ1n) is 7.62. The summed E-state index contributed by atoms with van der Waals surface area (Å²) in [5, 5.41) is 0. The smallest absolute Gasteiger partial charge is 0.143 e. The molecule has 0 bridgehead atoms. The third-order valence-corrected chi connectivity index (χ3v) is 4.34. The largest absolute Gasteiger partial charge is 0.299 e. The number of halogens is 1. The number of unbranched alkanes of at least 4 members (excludes halogenated alkanes) is 6. The molecular formula is C17H25FOS. The van der Waals surface area contributed by atoms with Gasteiger partial charge in [0.05, 0.1) is 5.75 Å². The summed E-state index contributed by atoms with van der Waals surface area (Å²) in [5.74, 6) is 0.568. The van der Waals surface area contributed by atoms with Crippen molar-refractivity contribution in [1.29, 1.82) is 0 Å².